The monoisotopic (exact) mass is 375 g/mol. The van der Waals surface area contributed by atoms with E-state index in [-0.39, 0.29) is 23.6 Å². The molecule has 2 heterocycles. The van der Waals surface area contributed by atoms with Crippen LogP contribution in [0.25, 0.3) is 0 Å². The molecule has 0 radical (unpaired) electrons. The lowest BCUT2D eigenvalue weighted by Crippen LogP contribution is -2.43. The van der Waals surface area contributed by atoms with E-state index < -0.39 is 9.84 Å². The molecular weight excluding hydrogens is 354 g/mol. The molecule has 0 spiro atoms. The SMILES string of the molecule is CCN(C(=O)Nc1ccc(Oc2ccccc2)nc1)[C@@H]1CCS(=O)(=O)C1. The van der Waals surface area contributed by atoms with Crippen LogP contribution in [0.15, 0.2) is 48.7 Å². The van der Waals surface area contributed by atoms with Crippen LogP contribution < -0.4 is 10.1 Å². The van der Waals surface area contributed by atoms with Crippen molar-refractivity contribution in [2.75, 3.05) is 23.4 Å². The number of nitrogens with zero attached hydrogens (tertiary/aromatic N) is 2. The van der Waals surface area contributed by atoms with Crippen LogP contribution in [0, 0.1) is 0 Å². The molecule has 0 saturated carbocycles. The van der Waals surface area contributed by atoms with E-state index in [9.17, 15) is 13.2 Å². The Morgan fingerprint density at radius 1 is 1.27 bits per heavy atom. The molecule has 1 aromatic carbocycles. The number of ether oxygens (including phenoxy) is 1. The van der Waals surface area contributed by atoms with Crippen molar-refractivity contribution in [2.45, 2.75) is 19.4 Å². The van der Waals surface area contributed by atoms with Gasteiger partial charge in [0.1, 0.15) is 5.75 Å². The van der Waals surface area contributed by atoms with Gasteiger partial charge in [-0.2, -0.15) is 0 Å². The number of amides is 2. The molecule has 0 bridgehead atoms. The molecule has 0 aliphatic carbocycles. The summed E-state index contributed by atoms with van der Waals surface area (Å²) in [6.45, 7) is 2.27. The topological polar surface area (TPSA) is 88.6 Å². The zero-order valence-corrected chi connectivity index (χ0v) is 15.3. The molecule has 1 atom stereocenters. The smallest absolute Gasteiger partial charge is 0.322 e. The minimum absolute atomic E-state index is 0.0242. The average molecular weight is 375 g/mol. The van der Waals surface area contributed by atoms with Gasteiger partial charge in [0, 0.05) is 18.7 Å². The molecule has 1 saturated heterocycles. The van der Waals surface area contributed by atoms with E-state index in [0.717, 1.165) is 0 Å². The third-order valence-corrected chi connectivity index (χ3v) is 5.95. The Morgan fingerprint density at radius 3 is 2.62 bits per heavy atom. The van der Waals surface area contributed by atoms with Gasteiger partial charge in [-0.1, -0.05) is 18.2 Å². The third-order valence-electron chi connectivity index (χ3n) is 4.20. The maximum Gasteiger partial charge on any atom is 0.322 e. The van der Waals surface area contributed by atoms with Gasteiger partial charge in [0.25, 0.3) is 0 Å². The number of hydrogen-bond acceptors (Lipinski definition) is 5. The predicted octanol–water partition coefficient (Wildman–Crippen LogP) is 2.91. The van der Waals surface area contributed by atoms with Crippen LogP contribution in [0.2, 0.25) is 0 Å². The molecule has 3 rings (SSSR count). The molecule has 2 amide bonds. The van der Waals surface area contributed by atoms with Crippen molar-refractivity contribution in [2.24, 2.45) is 0 Å². The van der Waals surface area contributed by atoms with Crippen LogP contribution in [-0.2, 0) is 9.84 Å². The lowest BCUT2D eigenvalue weighted by atomic mass is 10.2. The van der Waals surface area contributed by atoms with Crippen molar-refractivity contribution in [3.05, 3.63) is 48.7 Å². The number of sulfone groups is 1. The first-order chi connectivity index (χ1) is 12.5. The number of anilines is 1. The summed E-state index contributed by atoms with van der Waals surface area (Å²) in [6, 6.07) is 12.0. The van der Waals surface area contributed by atoms with Crippen molar-refractivity contribution in [1.29, 1.82) is 0 Å². The number of para-hydroxylation sites is 1. The maximum absolute atomic E-state index is 12.5. The fourth-order valence-corrected chi connectivity index (χ4v) is 4.64. The quantitative estimate of drug-likeness (QED) is 0.868. The van der Waals surface area contributed by atoms with E-state index in [1.807, 2.05) is 37.3 Å². The highest BCUT2D eigenvalue weighted by molar-refractivity contribution is 7.91. The van der Waals surface area contributed by atoms with Gasteiger partial charge in [-0.25, -0.2) is 18.2 Å². The van der Waals surface area contributed by atoms with Crippen LogP contribution in [0.4, 0.5) is 10.5 Å². The van der Waals surface area contributed by atoms with Crippen LogP contribution in [-0.4, -0.2) is 48.4 Å². The summed E-state index contributed by atoms with van der Waals surface area (Å²) in [6.07, 6.45) is 1.99. The first kappa shape index (κ1) is 18.2. The summed E-state index contributed by atoms with van der Waals surface area (Å²) in [4.78, 5) is 18.2. The van der Waals surface area contributed by atoms with Crippen LogP contribution in [0.1, 0.15) is 13.3 Å². The summed E-state index contributed by atoms with van der Waals surface area (Å²) >= 11 is 0. The van der Waals surface area contributed by atoms with Gasteiger partial charge in [-0.05, 0) is 31.5 Å². The number of pyridine rings is 1. The van der Waals surface area contributed by atoms with Gasteiger partial charge in [0.15, 0.2) is 9.84 Å². The molecule has 26 heavy (non-hydrogen) atoms. The second kappa shape index (κ2) is 7.74. The lowest BCUT2D eigenvalue weighted by Gasteiger charge is -2.26. The normalized spacial score (nSPS) is 18.3. The largest absolute Gasteiger partial charge is 0.439 e. The van der Waals surface area contributed by atoms with Crippen LogP contribution in [0.5, 0.6) is 11.6 Å². The lowest BCUT2D eigenvalue weighted by molar-refractivity contribution is 0.197. The number of urea groups is 1. The Hall–Kier alpha value is -2.61. The summed E-state index contributed by atoms with van der Waals surface area (Å²) in [5.74, 6) is 1.25. The predicted molar refractivity (Wildman–Crippen MR) is 99.2 cm³/mol. The molecule has 138 valence electrons. The van der Waals surface area contributed by atoms with Gasteiger partial charge in [-0.3, -0.25) is 0 Å². The number of hydrogen-bond donors (Lipinski definition) is 1. The minimum Gasteiger partial charge on any atom is -0.439 e. The standard InChI is InChI=1S/C18H21N3O4S/c1-2-21(15-10-11-26(23,24)13-15)18(22)20-14-8-9-17(19-12-14)25-16-6-4-3-5-7-16/h3-9,12,15H,2,10-11,13H2,1H3,(H,20,22)/t15-/m1/s1. The number of benzene rings is 1. The highest BCUT2D eigenvalue weighted by Gasteiger charge is 2.33. The maximum atomic E-state index is 12.5. The highest BCUT2D eigenvalue weighted by atomic mass is 32.2. The minimum atomic E-state index is -3.04. The molecule has 1 N–H and O–H groups in total. The van der Waals surface area contributed by atoms with Gasteiger partial charge in [0.05, 0.1) is 23.4 Å². The fraction of sp³-hybridized carbons (Fsp3) is 0.333. The highest BCUT2D eigenvalue weighted by Crippen LogP contribution is 2.21. The average Bonchev–Trinajstić information content (AvgIpc) is 2.98. The molecule has 1 aromatic heterocycles. The molecule has 7 nitrogen and oxygen atoms in total. The Kier molecular flexibility index (Phi) is 5.41. The molecule has 1 aliphatic heterocycles. The van der Waals surface area contributed by atoms with E-state index in [1.54, 1.807) is 17.0 Å². The van der Waals surface area contributed by atoms with Crippen molar-refractivity contribution in [3.63, 3.8) is 0 Å². The van der Waals surface area contributed by atoms with E-state index in [2.05, 4.69) is 10.3 Å². The zero-order valence-electron chi connectivity index (χ0n) is 14.5. The summed E-state index contributed by atoms with van der Waals surface area (Å²) in [5.41, 5.74) is 0.523. The Bertz CT molecular complexity index is 854. The Morgan fingerprint density at radius 2 is 2.04 bits per heavy atom. The van der Waals surface area contributed by atoms with Gasteiger partial charge in [-0.15, -0.1) is 0 Å². The van der Waals surface area contributed by atoms with Gasteiger partial charge < -0.3 is 15.0 Å². The van der Waals surface area contributed by atoms with E-state index >= 15 is 0 Å². The number of nitrogens with one attached hydrogen (secondary N) is 1. The Labute approximate surface area is 152 Å². The second-order valence-electron chi connectivity index (χ2n) is 6.07. The molecule has 1 aliphatic rings. The molecule has 0 unspecified atom stereocenters. The third kappa shape index (κ3) is 4.51. The van der Waals surface area contributed by atoms with E-state index in [1.165, 1.54) is 6.20 Å². The van der Waals surface area contributed by atoms with E-state index in [0.29, 0.717) is 30.3 Å². The summed E-state index contributed by atoms with van der Waals surface area (Å²) in [7, 11) is -3.04. The second-order valence-corrected chi connectivity index (χ2v) is 8.30. The van der Waals surface area contributed by atoms with Crippen LogP contribution >= 0.6 is 0 Å². The first-order valence-electron chi connectivity index (χ1n) is 8.44. The van der Waals surface area contributed by atoms with Crippen LogP contribution in [0.3, 0.4) is 0 Å². The van der Waals surface area contributed by atoms with Gasteiger partial charge in [0.2, 0.25) is 5.88 Å². The molecule has 2 aromatic rings. The first-order valence-corrected chi connectivity index (χ1v) is 10.3. The summed E-state index contributed by atoms with van der Waals surface area (Å²) < 4.78 is 28.9. The van der Waals surface area contributed by atoms with Crippen molar-refractivity contribution < 1.29 is 17.9 Å². The summed E-state index contributed by atoms with van der Waals surface area (Å²) in [5, 5.41) is 2.76. The van der Waals surface area contributed by atoms with Gasteiger partial charge >= 0.3 is 6.03 Å². The number of aromatic nitrogens is 1. The number of carbonyl (C=O) groups excluding carboxylic acids is 1. The Balaban J connectivity index is 1.61. The molecular formula is C18H21N3O4S. The number of rotatable bonds is 5. The zero-order chi connectivity index (χ0) is 18.6. The number of carbonyl (C=O) groups is 1. The molecule has 1 fully saturated rings. The van der Waals surface area contributed by atoms with Crippen molar-refractivity contribution in [3.8, 4) is 11.6 Å². The van der Waals surface area contributed by atoms with E-state index in [4.69, 9.17) is 4.74 Å². The van der Waals surface area contributed by atoms with Crippen molar-refractivity contribution in [1.82, 2.24) is 9.88 Å². The van der Waals surface area contributed by atoms with Crippen molar-refractivity contribution >= 4 is 21.6 Å². The fourth-order valence-electron chi connectivity index (χ4n) is 2.91. The molecule has 8 heteroatoms.